The molecular weight excluding hydrogens is 228 g/mol. The SMILES string of the molecule is COCCNCc1cn(Cc2ccccn2)cn1. The van der Waals surface area contributed by atoms with Gasteiger partial charge in [0.25, 0.3) is 0 Å². The van der Waals surface area contributed by atoms with Crippen molar-refractivity contribution in [2.24, 2.45) is 0 Å². The van der Waals surface area contributed by atoms with Gasteiger partial charge in [0.1, 0.15) is 0 Å². The highest BCUT2D eigenvalue weighted by atomic mass is 16.5. The van der Waals surface area contributed by atoms with Gasteiger partial charge in [-0.3, -0.25) is 4.98 Å². The van der Waals surface area contributed by atoms with Crippen molar-refractivity contribution in [1.29, 1.82) is 0 Å². The van der Waals surface area contributed by atoms with E-state index in [0.717, 1.165) is 31.0 Å². The third-order valence-electron chi connectivity index (χ3n) is 2.55. The highest BCUT2D eigenvalue weighted by molar-refractivity contribution is 5.05. The molecule has 0 aliphatic carbocycles. The third kappa shape index (κ3) is 3.94. The summed E-state index contributed by atoms with van der Waals surface area (Å²) < 4.78 is 7.00. The number of ether oxygens (including phenoxy) is 1. The van der Waals surface area contributed by atoms with E-state index in [1.54, 1.807) is 13.3 Å². The fourth-order valence-electron chi connectivity index (χ4n) is 1.65. The number of hydrogen-bond donors (Lipinski definition) is 1. The van der Waals surface area contributed by atoms with Crippen LogP contribution in [0, 0.1) is 0 Å². The van der Waals surface area contributed by atoms with E-state index in [1.165, 1.54) is 0 Å². The molecule has 2 rings (SSSR count). The van der Waals surface area contributed by atoms with E-state index in [0.29, 0.717) is 6.61 Å². The van der Waals surface area contributed by atoms with E-state index in [4.69, 9.17) is 4.74 Å². The Bertz CT molecular complexity index is 455. The number of aromatic nitrogens is 3. The molecule has 0 spiro atoms. The average Bonchev–Trinajstić information content (AvgIpc) is 2.84. The van der Waals surface area contributed by atoms with Crippen LogP contribution in [-0.2, 0) is 17.8 Å². The van der Waals surface area contributed by atoms with Gasteiger partial charge in [-0.15, -0.1) is 0 Å². The van der Waals surface area contributed by atoms with Crippen molar-refractivity contribution in [3.8, 4) is 0 Å². The number of nitrogens with zero attached hydrogens (tertiary/aromatic N) is 3. The Labute approximate surface area is 107 Å². The van der Waals surface area contributed by atoms with Crippen molar-refractivity contribution in [2.45, 2.75) is 13.1 Å². The first kappa shape index (κ1) is 12.7. The lowest BCUT2D eigenvalue weighted by atomic mass is 10.3. The predicted molar refractivity (Wildman–Crippen MR) is 69.1 cm³/mol. The van der Waals surface area contributed by atoms with Crippen LogP contribution >= 0.6 is 0 Å². The van der Waals surface area contributed by atoms with Crippen LogP contribution in [0.2, 0.25) is 0 Å². The zero-order chi connectivity index (χ0) is 12.6. The Morgan fingerprint density at radius 3 is 3.00 bits per heavy atom. The molecule has 0 saturated heterocycles. The third-order valence-corrected chi connectivity index (χ3v) is 2.55. The van der Waals surface area contributed by atoms with Crippen LogP contribution in [0.1, 0.15) is 11.4 Å². The fraction of sp³-hybridized carbons (Fsp3) is 0.385. The summed E-state index contributed by atoms with van der Waals surface area (Å²) in [4.78, 5) is 8.63. The lowest BCUT2D eigenvalue weighted by molar-refractivity contribution is 0.199. The summed E-state index contributed by atoms with van der Waals surface area (Å²) in [7, 11) is 1.70. The van der Waals surface area contributed by atoms with Gasteiger partial charge >= 0.3 is 0 Å². The van der Waals surface area contributed by atoms with Gasteiger partial charge in [0, 0.05) is 32.6 Å². The van der Waals surface area contributed by atoms with Crippen molar-refractivity contribution >= 4 is 0 Å². The van der Waals surface area contributed by atoms with Gasteiger partial charge in [-0.2, -0.15) is 0 Å². The van der Waals surface area contributed by atoms with Crippen molar-refractivity contribution in [2.75, 3.05) is 20.3 Å². The molecule has 18 heavy (non-hydrogen) atoms. The van der Waals surface area contributed by atoms with Gasteiger partial charge in [-0.05, 0) is 12.1 Å². The van der Waals surface area contributed by atoms with Crippen LogP contribution in [0.5, 0.6) is 0 Å². The van der Waals surface area contributed by atoms with Crippen molar-refractivity contribution in [1.82, 2.24) is 19.9 Å². The number of rotatable bonds is 7. The molecule has 96 valence electrons. The molecule has 0 atom stereocenters. The molecule has 0 aliphatic heterocycles. The van der Waals surface area contributed by atoms with E-state index in [-0.39, 0.29) is 0 Å². The Morgan fingerprint density at radius 2 is 2.22 bits per heavy atom. The zero-order valence-electron chi connectivity index (χ0n) is 10.5. The van der Waals surface area contributed by atoms with Gasteiger partial charge in [0.05, 0.1) is 30.9 Å². The molecule has 0 aliphatic rings. The topological polar surface area (TPSA) is 52.0 Å². The standard InChI is InChI=1S/C13H18N4O/c1-18-7-6-14-8-13-10-17(11-16-13)9-12-4-2-3-5-15-12/h2-5,10-11,14H,6-9H2,1H3. The van der Waals surface area contributed by atoms with Gasteiger partial charge < -0.3 is 14.6 Å². The van der Waals surface area contributed by atoms with E-state index in [9.17, 15) is 0 Å². The molecule has 0 aromatic carbocycles. The summed E-state index contributed by atoms with van der Waals surface area (Å²) in [5.74, 6) is 0. The number of imidazole rings is 1. The Balaban J connectivity index is 1.83. The molecule has 2 heterocycles. The van der Waals surface area contributed by atoms with E-state index >= 15 is 0 Å². The molecule has 0 saturated carbocycles. The maximum absolute atomic E-state index is 4.97. The zero-order valence-corrected chi connectivity index (χ0v) is 10.5. The van der Waals surface area contributed by atoms with Crippen molar-refractivity contribution in [3.05, 3.63) is 48.3 Å². The highest BCUT2D eigenvalue weighted by Crippen LogP contribution is 2.01. The van der Waals surface area contributed by atoms with Crippen LogP contribution in [0.4, 0.5) is 0 Å². The molecular formula is C13H18N4O. The van der Waals surface area contributed by atoms with E-state index in [2.05, 4.69) is 15.3 Å². The number of nitrogens with one attached hydrogen (secondary N) is 1. The summed E-state index contributed by atoms with van der Waals surface area (Å²) in [6.45, 7) is 3.07. The lowest BCUT2D eigenvalue weighted by Crippen LogP contribution is -2.18. The summed E-state index contributed by atoms with van der Waals surface area (Å²) >= 11 is 0. The number of methoxy groups -OCH3 is 1. The molecule has 5 heteroatoms. The highest BCUT2D eigenvalue weighted by Gasteiger charge is 2.00. The largest absolute Gasteiger partial charge is 0.383 e. The van der Waals surface area contributed by atoms with Crippen LogP contribution in [-0.4, -0.2) is 34.8 Å². The van der Waals surface area contributed by atoms with Gasteiger partial charge in [-0.1, -0.05) is 6.07 Å². The van der Waals surface area contributed by atoms with Crippen LogP contribution < -0.4 is 5.32 Å². The average molecular weight is 246 g/mol. The van der Waals surface area contributed by atoms with Crippen molar-refractivity contribution < 1.29 is 4.74 Å². The fourth-order valence-corrected chi connectivity index (χ4v) is 1.65. The smallest absolute Gasteiger partial charge is 0.0953 e. The monoisotopic (exact) mass is 246 g/mol. The molecule has 0 amide bonds. The normalized spacial score (nSPS) is 10.7. The quantitative estimate of drug-likeness (QED) is 0.742. The Morgan fingerprint density at radius 1 is 1.28 bits per heavy atom. The summed E-state index contributed by atoms with van der Waals surface area (Å²) in [6, 6.07) is 5.92. The number of hydrogen-bond acceptors (Lipinski definition) is 4. The molecule has 0 fully saturated rings. The second kappa shape index (κ2) is 6.88. The predicted octanol–water partition coefficient (Wildman–Crippen LogP) is 1.06. The minimum absolute atomic E-state index is 0.717. The van der Waals surface area contributed by atoms with Crippen LogP contribution in [0.25, 0.3) is 0 Å². The first-order valence-electron chi connectivity index (χ1n) is 5.98. The van der Waals surface area contributed by atoms with Gasteiger partial charge in [-0.25, -0.2) is 4.98 Å². The van der Waals surface area contributed by atoms with Gasteiger partial charge in [0.2, 0.25) is 0 Å². The molecule has 0 bridgehead atoms. The first-order valence-corrected chi connectivity index (χ1v) is 5.98. The van der Waals surface area contributed by atoms with Crippen molar-refractivity contribution in [3.63, 3.8) is 0 Å². The first-order chi connectivity index (χ1) is 8.88. The second-order valence-electron chi connectivity index (χ2n) is 4.03. The minimum atomic E-state index is 0.717. The Kier molecular flexibility index (Phi) is 4.87. The molecule has 2 aromatic rings. The Hall–Kier alpha value is -1.72. The lowest BCUT2D eigenvalue weighted by Gasteiger charge is -2.01. The number of pyridine rings is 1. The molecule has 0 radical (unpaired) electrons. The van der Waals surface area contributed by atoms with Crippen LogP contribution in [0.15, 0.2) is 36.9 Å². The molecule has 5 nitrogen and oxygen atoms in total. The molecule has 2 aromatic heterocycles. The summed E-state index contributed by atoms with van der Waals surface area (Å²) in [5, 5.41) is 3.26. The minimum Gasteiger partial charge on any atom is -0.383 e. The second-order valence-corrected chi connectivity index (χ2v) is 4.03. The van der Waals surface area contributed by atoms with Gasteiger partial charge in [0.15, 0.2) is 0 Å². The maximum atomic E-state index is 4.97. The van der Waals surface area contributed by atoms with Crippen LogP contribution in [0.3, 0.4) is 0 Å². The van der Waals surface area contributed by atoms with E-state index in [1.807, 2.05) is 35.3 Å². The molecule has 0 unspecified atom stereocenters. The van der Waals surface area contributed by atoms with E-state index < -0.39 is 0 Å². The maximum Gasteiger partial charge on any atom is 0.0953 e. The summed E-state index contributed by atoms with van der Waals surface area (Å²) in [6.07, 6.45) is 5.68. The molecule has 1 N–H and O–H groups in total. The summed E-state index contributed by atoms with van der Waals surface area (Å²) in [5.41, 5.74) is 2.07.